The Hall–Kier alpha value is -3.12. The summed E-state index contributed by atoms with van der Waals surface area (Å²) in [6.45, 7) is 0.145. The van der Waals surface area contributed by atoms with Crippen molar-refractivity contribution in [2.24, 2.45) is 0 Å². The maximum absolute atomic E-state index is 11.8. The number of nitrogens with one attached hydrogen (secondary N) is 1. The van der Waals surface area contributed by atoms with Crippen molar-refractivity contribution in [1.82, 2.24) is 14.7 Å². The van der Waals surface area contributed by atoms with Crippen LogP contribution in [0.3, 0.4) is 0 Å². The molecule has 0 aliphatic carbocycles. The van der Waals surface area contributed by atoms with Crippen molar-refractivity contribution in [3.05, 3.63) is 77.2 Å². The molecule has 3 aromatic rings. The first-order valence-corrected chi connectivity index (χ1v) is 8.79. The summed E-state index contributed by atoms with van der Waals surface area (Å²) in [4.78, 5) is 27.8. The van der Waals surface area contributed by atoms with Crippen LogP contribution in [0.4, 0.5) is 0 Å². The molecule has 0 saturated carbocycles. The second-order valence-corrected chi connectivity index (χ2v) is 6.10. The van der Waals surface area contributed by atoms with Crippen LogP contribution >= 0.6 is 11.6 Å². The summed E-state index contributed by atoms with van der Waals surface area (Å²) >= 11 is 6.09. The van der Waals surface area contributed by atoms with Gasteiger partial charge in [-0.3, -0.25) is 9.20 Å². The molecule has 0 atom stereocenters. The highest BCUT2D eigenvalue weighted by atomic mass is 35.5. The maximum atomic E-state index is 11.8. The minimum absolute atomic E-state index is 0.281. The zero-order valence-corrected chi connectivity index (χ0v) is 15.2. The quantitative estimate of drug-likeness (QED) is 0.503. The Labute approximate surface area is 161 Å². The predicted molar refractivity (Wildman–Crippen MR) is 103 cm³/mol. The molecule has 2 heterocycles. The summed E-state index contributed by atoms with van der Waals surface area (Å²) in [5, 5.41) is 3.00. The normalized spacial score (nSPS) is 11.0. The number of ether oxygens (including phenoxy) is 1. The van der Waals surface area contributed by atoms with Crippen LogP contribution in [0.1, 0.15) is 11.3 Å². The molecule has 0 unspecified atom stereocenters. The van der Waals surface area contributed by atoms with Crippen molar-refractivity contribution in [2.75, 3.05) is 13.2 Å². The molecule has 0 saturated heterocycles. The van der Waals surface area contributed by atoms with E-state index in [1.54, 1.807) is 16.7 Å². The Balaban J connectivity index is 1.45. The van der Waals surface area contributed by atoms with E-state index < -0.39 is 5.97 Å². The fourth-order valence-electron chi connectivity index (χ4n) is 2.51. The Morgan fingerprint density at radius 1 is 1.15 bits per heavy atom. The van der Waals surface area contributed by atoms with E-state index >= 15 is 0 Å². The van der Waals surface area contributed by atoms with Crippen LogP contribution < -0.4 is 5.32 Å². The molecule has 27 heavy (non-hydrogen) atoms. The van der Waals surface area contributed by atoms with Crippen LogP contribution in [0.15, 0.2) is 60.8 Å². The summed E-state index contributed by atoms with van der Waals surface area (Å²) < 4.78 is 6.70. The summed E-state index contributed by atoms with van der Waals surface area (Å²) in [6, 6.07) is 15.3. The largest absolute Gasteiger partial charge is 0.452 e. The lowest BCUT2D eigenvalue weighted by Gasteiger charge is -2.05. The third-order valence-electron chi connectivity index (χ3n) is 3.82. The Kier molecular flexibility index (Phi) is 6.22. The highest BCUT2D eigenvalue weighted by molar-refractivity contribution is 6.31. The molecule has 0 fully saturated rings. The van der Waals surface area contributed by atoms with E-state index in [9.17, 15) is 9.59 Å². The van der Waals surface area contributed by atoms with Crippen LogP contribution in [-0.4, -0.2) is 34.4 Å². The molecule has 7 heteroatoms. The van der Waals surface area contributed by atoms with Gasteiger partial charge < -0.3 is 10.1 Å². The van der Waals surface area contributed by atoms with Gasteiger partial charge in [0.2, 0.25) is 0 Å². The molecule has 0 spiro atoms. The molecule has 0 aliphatic heterocycles. The van der Waals surface area contributed by atoms with Crippen LogP contribution in [0.5, 0.6) is 0 Å². The van der Waals surface area contributed by atoms with Crippen molar-refractivity contribution in [2.45, 2.75) is 6.42 Å². The van der Waals surface area contributed by atoms with Gasteiger partial charge in [0.1, 0.15) is 5.65 Å². The Morgan fingerprint density at radius 2 is 1.93 bits per heavy atom. The lowest BCUT2D eigenvalue weighted by Crippen LogP contribution is -2.30. The van der Waals surface area contributed by atoms with Crippen molar-refractivity contribution in [3.63, 3.8) is 0 Å². The second kappa shape index (κ2) is 9.00. The number of imidazole rings is 1. The van der Waals surface area contributed by atoms with Crippen LogP contribution in [-0.2, 0) is 20.7 Å². The lowest BCUT2D eigenvalue weighted by molar-refractivity contribution is -0.143. The fraction of sp³-hybridized carbons (Fsp3) is 0.150. The van der Waals surface area contributed by atoms with E-state index in [2.05, 4.69) is 10.3 Å². The van der Waals surface area contributed by atoms with Gasteiger partial charge in [0.15, 0.2) is 11.8 Å². The number of fused-ring (bicyclic) bond motifs is 1. The third-order valence-corrected chi connectivity index (χ3v) is 4.10. The topological polar surface area (TPSA) is 72.7 Å². The van der Waals surface area contributed by atoms with Crippen molar-refractivity contribution >= 4 is 35.2 Å². The van der Waals surface area contributed by atoms with Gasteiger partial charge in [-0.25, -0.2) is 9.78 Å². The number of hydrogen-bond donors (Lipinski definition) is 1. The number of halogens is 1. The first-order valence-electron chi connectivity index (χ1n) is 8.41. The summed E-state index contributed by atoms with van der Waals surface area (Å²) in [7, 11) is 0. The monoisotopic (exact) mass is 383 g/mol. The van der Waals surface area contributed by atoms with Crippen molar-refractivity contribution in [1.29, 1.82) is 0 Å². The van der Waals surface area contributed by atoms with E-state index in [1.165, 1.54) is 12.2 Å². The van der Waals surface area contributed by atoms with Gasteiger partial charge in [-0.15, -0.1) is 0 Å². The molecule has 2 aromatic heterocycles. The van der Waals surface area contributed by atoms with Crippen LogP contribution in [0.25, 0.3) is 11.7 Å². The van der Waals surface area contributed by atoms with Gasteiger partial charge in [0, 0.05) is 18.8 Å². The van der Waals surface area contributed by atoms with E-state index in [-0.39, 0.29) is 17.7 Å². The number of aromatic nitrogens is 2. The number of carbonyl (C=O) groups excluding carboxylic acids is 2. The molecular weight excluding hydrogens is 366 g/mol. The highest BCUT2D eigenvalue weighted by Crippen LogP contribution is 2.18. The standard InChI is InChI=1S/C20H18ClN3O3/c21-20-16(24-13-5-4-8-17(24)23-20)9-10-19(26)27-14-18(25)22-12-11-15-6-2-1-3-7-15/h1-10,13H,11-12,14H2,(H,22,25)/b10-9+. The molecule has 1 amide bonds. The number of nitrogens with zero attached hydrogens (tertiary/aromatic N) is 2. The van der Waals surface area contributed by atoms with Gasteiger partial charge in [-0.1, -0.05) is 48.0 Å². The second-order valence-electron chi connectivity index (χ2n) is 5.74. The highest BCUT2D eigenvalue weighted by Gasteiger charge is 2.08. The summed E-state index contributed by atoms with van der Waals surface area (Å²) in [5.74, 6) is -0.976. The molecular formula is C20H18ClN3O3. The number of pyridine rings is 1. The van der Waals surface area contributed by atoms with E-state index in [0.29, 0.717) is 24.3 Å². The summed E-state index contributed by atoms with van der Waals surface area (Å²) in [5.41, 5.74) is 2.37. The SMILES string of the molecule is O=C(COC(=O)/C=C/c1c(Cl)nc2ccccn12)NCCc1ccccc1. The van der Waals surface area contributed by atoms with E-state index in [4.69, 9.17) is 16.3 Å². The number of hydrogen-bond acceptors (Lipinski definition) is 4. The maximum Gasteiger partial charge on any atom is 0.331 e. The van der Waals surface area contributed by atoms with Crippen LogP contribution in [0.2, 0.25) is 5.15 Å². The fourth-order valence-corrected chi connectivity index (χ4v) is 2.75. The van der Waals surface area contributed by atoms with Crippen molar-refractivity contribution < 1.29 is 14.3 Å². The molecule has 0 aliphatic rings. The number of esters is 1. The lowest BCUT2D eigenvalue weighted by atomic mass is 10.1. The molecule has 138 valence electrons. The third kappa shape index (κ3) is 5.18. The van der Waals surface area contributed by atoms with Crippen molar-refractivity contribution in [3.8, 4) is 0 Å². The average molecular weight is 384 g/mol. The molecule has 6 nitrogen and oxygen atoms in total. The number of benzene rings is 1. The zero-order chi connectivity index (χ0) is 19.1. The number of carbonyl (C=O) groups is 2. The molecule has 1 N–H and O–H groups in total. The van der Waals surface area contributed by atoms with Gasteiger partial charge in [0.05, 0.1) is 5.69 Å². The predicted octanol–water partition coefficient (Wildman–Crippen LogP) is 2.90. The van der Waals surface area contributed by atoms with Gasteiger partial charge in [0.25, 0.3) is 5.91 Å². The van der Waals surface area contributed by atoms with Gasteiger partial charge in [-0.2, -0.15) is 0 Å². The first kappa shape index (κ1) is 18.7. The summed E-state index contributed by atoms with van der Waals surface area (Å²) in [6.07, 6.45) is 5.24. The minimum atomic E-state index is -0.629. The molecule has 0 bridgehead atoms. The average Bonchev–Trinajstić information content (AvgIpc) is 3.00. The van der Waals surface area contributed by atoms with Gasteiger partial charge in [-0.05, 0) is 30.2 Å². The number of amides is 1. The van der Waals surface area contributed by atoms with E-state index in [1.807, 2.05) is 42.5 Å². The van der Waals surface area contributed by atoms with E-state index in [0.717, 1.165) is 5.56 Å². The Morgan fingerprint density at radius 3 is 2.74 bits per heavy atom. The number of rotatable bonds is 7. The molecule has 1 aromatic carbocycles. The molecule has 3 rings (SSSR count). The minimum Gasteiger partial charge on any atom is -0.452 e. The smallest absolute Gasteiger partial charge is 0.331 e. The van der Waals surface area contributed by atoms with Gasteiger partial charge >= 0.3 is 5.97 Å². The van der Waals surface area contributed by atoms with Crippen LogP contribution in [0, 0.1) is 0 Å². The Bertz CT molecular complexity index is 967. The zero-order valence-electron chi connectivity index (χ0n) is 14.5. The molecule has 0 radical (unpaired) electrons. The first-order chi connectivity index (χ1) is 13.1.